The molecule has 2 aromatic rings. The number of hydrogen-bond acceptors (Lipinski definition) is 4. The lowest BCUT2D eigenvalue weighted by Crippen LogP contribution is -2.21. The average molecular weight is 236 g/mol. The zero-order valence-electron chi connectivity index (χ0n) is 9.78. The summed E-state index contributed by atoms with van der Waals surface area (Å²) in [6.07, 6.45) is 1.68. The first-order valence-corrected chi connectivity index (χ1v) is 6.22. The Morgan fingerprint density at radius 1 is 1.50 bits per heavy atom. The van der Waals surface area contributed by atoms with Gasteiger partial charge >= 0.3 is 0 Å². The third-order valence-corrected chi connectivity index (χ3v) is 3.47. The van der Waals surface area contributed by atoms with E-state index in [1.54, 1.807) is 17.6 Å². The zero-order valence-corrected chi connectivity index (χ0v) is 10.6. The van der Waals surface area contributed by atoms with Crippen LogP contribution in [0, 0.1) is 6.92 Å². The zero-order chi connectivity index (χ0) is 11.5. The minimum absolute atomic E-state index is 0.494. The minimum Gasteiger partial charge on any atom is -0.462 e. The number of nitrogens with one attached hydrogen (secondary N) is 1. The molecule has 0 aliphatic carbocycles. The summed E-state index contributed by atoms with van der Waals surface area (Å²) in [6.45, 7) is 7.20. The van der Waals surface area contributed by atoms with Crippen LogP contribution in [0.4, 0.5) is 0 Å². The van der Waals surface area contributed by atoms with Gasteiger partial charge in [-0.1, -0.05) is 13.8 Å². The number of aromatic nitrogens is 1. The summed E-state index contributed by atoms with van der Waals surface area (Å²) in [5.41, 5.74) is 1.09. The van der Waals surface area contributed by atoms with Crippen molar-refractivity contribution in [3.63, 3.8) is 0 Å². The van der Waals surface area contributed by atoms with Crippen molar-refractivity contribution in [1.29, 1.82) is 0 Å². The molecule has 16 heavy (non-hydrogen) atoms. The summed E-state index contributed by atoms with van der Waals surface area (Å²) >= 11 is 1.69. The first kappa shape index (κ1) is 11.4. The molecule has 0 radical (unpaired) electrons. The first-order chi connectivity index (χ1) is 7.66. The maximum absolute atomic E-state index is 5.34. The van der Waals surface area contributed by atoms with Crippen LogP contribution in [0.5, 0.6) is 0 Å². The van der Waals surface area contributed by atoms with Gasteiger partial charge in [0.25, 0.3) is 0 Å². The summed E-state index contributed by atoms with van der Waals surface area (Å²) in [7, 11) is 0. The molecule has 2 heterocycles. The SMILES string of the molecule is Cc1nc(-c2ccco2)sc1CNC(C)C. The molecule has 0 fully saturated rings. The van der Waals surface area contributed by atoms with E-state index in [1.165, 1.54) is 4.88 Å². The Balaban J connectivity index is 2.16. The Labute approximate surface area is 99.5 Å². The summed E-state index contributed by atoms with van der Waals surface area (Å²) < 4.78 is 5.34. The second-order valence-electron chi connectivity index (χ2n) is 4.04. The second kappa shape index (κ2) is 4.80. The van der Waals surface area contributed by atoms with E-state index < -0.39 is 0 Å². The molecule has 0 aliphatic heterocycles. The van der Waals surface area contributed by atoms with E-state index in [1.807, 2.05) is 19.1 Å². The van der Waals surface area contributed by atoms with Gasteiger partial charge in [0.1, 0.15) is 0 Å². The molecule has 0 atom stereocenters. The van der Waals surface area contributed by atoms with E-state index in [0.29, 0.717) is 6.04 Å². The molecule has 0 aliphatic rings. The van der Waals surface area contributed by atoms with Gasteiger partial charge in [0.15, 0.2) is 10.8 Å². The predicted molar refractivity (Wildman–Crippen MR) is 66.5 cm³/mol. The Bertz CT molecular complexity index is 446. The third-order valence-electron chi connectivity index (χ3n) is 2.30. The highest BCUT2D eigenvalue weighted by Crippen LogP contribution is 2.27. The molecular formula is C12H16N2OS. The molecule has 0 amide bonds. The number of thiazole rings is 1. The highest BCUT2D eigenvalue weighted by molar-refractivity contribution is 7.15. The lowest BCUT2D eigenvalue weighted by molar-refractivity contribution is 0.581. The van der Waals surface area contributed by atoms with Crippen molar-refractivity contribution >= 4 is 11.3 Å². The van der Waals surface area contributed by atoms with Crippen molar-refractivity contribution in [2.75, 3.05) is 0 Å². The van der Waals surface area contributed by atoms with Gasteiger partial charge in [0.2, 0.25) is 0 Å². The maximum atomic E-state index is 5.34. The van der Waals surface area contributed by atoms with Gasteiger partial charge in [-0.25, -0.2) is 4.98 Å². The maximum Gasteiger partial charge on any atom is 0.162 e. The largest absolute Gasteiger partial charge is 0.462 e. The van der Waals surface area contributed by atoms with Gasteiger partial charge in [-0.2, -0.15) is 0 Å². The van der Waals surface area contributed by atoms with Crippen molar-refractivity contribution in [3.05, 3.63) is 29.0 Å². The number of aryl methyl sites for hydroxylation is 1. The molecule has 0 saturated heterocycles. The van der Waals surface area contributed by atoms with Crippen LogP contribution >= 0.6 is 11.3 Å². The predicted octanol–water partition coefficient (Wildman–Crippen LogP) is 3.21. The molecular weight excluding hydrogens is 220 g/mol. The fraction of sp³-hybridized carbons (Fsp3) is 0.417. The van der Waals surface area contributed by atoms with Gasteiger partial charge in [-0.15, -0.1) is 11.3 Å². The Morgan fingerprint density at radius 3 is 2.94 bits per heavy atom. The van der Waals surface area contributed by atoms with Crippen molar-refractivity contribution in [3.8, 4) is 10.8 Å². The van der Waals surface area contributed by atoms with Crippen molar-refractivity contribution in [2.24, 2.45) is 0 Å². The second-order valence-corrected chi connectivity index (χ2v) is 5.12. The normalized spacial score (nSPS) is 11.2. The van der Waals surface area contributed by atoms with E-state index in [-0.39, 0.29) is 0 Å². The fourth-order valence-electron chi connectivity index (χ4n) is 1.39. The minimum atomic E-state index is 0.494. The summed E-state index contributed by atoms with van der Waals surface area (Å²) in [6, 6.07) is 4.32. The van der Waals surface area contributed by atoms with Gasteiger partial charge in [0.05, 0.1) is 12.0 Å². The van der Waals surface area contributed by atoms with Gasteiger partial charge in [-0.3, -0.25) is 0 Å². The van der Waals surface area contributed by atoms with Crippen LogP contribution in [-0.4, -0.2) is 11.0 Å². The summed E-state index contributed by atoms with van der Waals surface area (Å²) in [4.78, 5) is 5.79. The summed E-state index contributed by atoms with van der Waals surface area (Å²) in [5, 5.41) is 4.36. The Morgan fingerprint density at radius 2 is 2.31 bits per heavy atom. The fourth-order valence-corrected chi connectivity index (χ4v) is 2.38. The lowest BCUT2D eigenvalue weighted by atomic mass is 10.3. The smallest absolute Gasteiger partial charge is 0.162 e. The van der Waals surface area contributed by atoms with Crippen LogP contribution in [-0.2, 0) is 6.54 Å². The van der Waals surface area contributed by atoms with Crippen molar-refractivity contribution in [2.45, 2.75) is 33.4 Å². The highest BCUT2D eigenvalue weighted by atomic mass is 32.1. The molecule has 4 heteroatoms. The van der Waals surface area contributed by atoms with Crippen LogP contribution in [0.2, 0.25) is 0 Å². The molecule has 3 nitrogen and oxygen atoms in total. The highest BCUT2D eigenvalue weighted by Gasteiger charge is 2.11. The van der Waals surface area contributed by atoms with E-state index in [4.69, 9.17) is 4.42 Å². The number of hydrogen-bond donors (Lipinski definition) is 1. The number of nitrogens with zero attached hydrogens (tertiary/aromatic N) is 1. The van der Waals surface area contributed by atoms with Crippen LogP contribution in [0.3, 0.4) is 0 Å². The molecule has 86 valence electrons. The van der Waals surface area contributed by atoms with E-state index in [2.05, 4.69) is 24.1 Å². The Kier molecular flexibility index (Phi) is 3.41. The van der Waals surface area contributed by atoms with Gasteiger partial charge in [0, 0.05) is 17.5 Å². The quantitative estimate of drug-likeness (QED) is 0.885. The topological polar surface area (TPSA) is 38.1 Å². The van der Waals surface area contributed by atoms with Crippen LogP contribution < -0.4 is 5.32 Å². The van der Waals surface area contributed by atoms with Crippen LogP contribution in [0.25, 0.3) is 10.8 Å². The molecule has 2 aromatic heterocycles. The van der Waals surface area contributed by atoms with E-state index in [9.17, 15) is 0 Å². The van der Waals surface area contributed by atoms with E-state index >= 15 is 0 Å². The van der Waals surface area contributed by atoms with Crippen LogP contribution in [0.1, 0.15) is 24.4 Å². The molecule has 0 saturated carbocycles. The lowest BCUT2D eigenvalue weighted by Gasteiger charge is -2.05. The third kappa shape index (κ3) is 2.51. The van der Waals surface area contributed by atoms with Crippen molar-refractivity contribution in [1.82, 2.24) is 10.3 Å². The average Bonchev–Trinajstić information content (AvgIpc) is 2.83. The molecule has 0 spiro atoms. The van der Waals surface area contributed by atoms with Crippen molar-refractivity contribution < 1.29 is 4.42 Å². The molecule has 2 rings (SSSR count). The number of furan rings is 1. The Hall–Kier alpha value is -1.13. The monoisotopic (exact) mass is 236 g/mol. The standard InChI is InChI=1S/C12H16N2OS/c1-8(2)13-7-11-9(3)14-12(16-11)10-5-4-6-15-10/h4-6,8,13H,7H2,1-3H3. The number of rotatable bonds is 4. The van der Waals surface area contributed by atoms with Crippen LogP contribution in [0.15, 0.2) is 22.8 Å². The van der Waals surface area contributed by atoms with E-state index in [0.717, 1.165) is 23.0 Å². The molecule has 0 bridgehead atoms. The molecule has 1 N–H and O–H groups in total. The molecule has 0 aromatic carbocycles. The van der Waals surface area contributed by atoms with Gasteiger partial charge in [-0.05, 0) is 19.1 Å². The van der Waals surface area contributed by atoms with Gasteiger partial charge < -0.3 is 9.73 Å². The summed E-state index contributed by atoms with van der Waals surface area (Å²) in [5.74, 6) is 0.851. The molecule has 0 unspecified atom stereocenters. The first-order valence-electron chi connectivity index (χ1n) is 5.40.